The summed E-state index contributed by atoms with van der Waals surface area (Å²) in [5, 5.41) is 0. The number of piperazine rings is 1. The Labute approximate surface area is 189 Å². The summed E-state index contributed by atoms with van der Waals surface area (Å²) < 4.78 is 27.2. The summed E-state index contributed by atoms with van der Waals surface area (Å²) in [5.74, 6) is -0.801. The second-order valence-electron chi connectivity index (χ2n) is 8.59. The zero-order valence-electron chi connectivity index (χ0n) is 18.7. The molecule has 0 aliphatic carbocycles. The monoisotopic (exact) mass is 455 g/mol. The van der Waals surface area contributed by atoms with Gasteiger partial charge in [-0.05, 0) is 56.5 Å². The number of aryl methyl sites for hydroxylation is 2. The standard InChI is InChI=1S/C24H29N3O4S/c1-17-7-9-20(10-8-17)32(30,31)27-22(11-12-23(27)28)24(29)26-15-13-25(14-16-26)21-6-4-5-18(2)19(21)3/h4-10,22H,11-16H2,1-3H3. The average molecular weight is 456 g/mol. The Bertz CT molecular complexity index is 1140. The maximum absolute atomic E-state index is 13.3. The minimum atomic E-state index is -4.08. The molecule has 8 heteroatoms. The van der Waals surface area contributed by atoms with E-state index in [1.807, 2.05) is 13.0 Å². The number of amides is 2. The van der Waals surface area contributed by atoms with Gasteiger partial charge < -0.3 is 9.80 Å². The van der Waals surface area contributed by atoms with E-state index in [2.05, 4.69) is 30.9 Å². The van der Waals surface area contributed by atoms with Crippen molar-refractivity contribution in [1.82, 2.24) is 9.21 Å². The van der Waals surface area contributed by atoms with Crippen molar-refractivity contribution in [3.8, 4) is 0 Å². The lowest BCUT2D eigenvalue weighted by Gasteiger charge is -2.38. The van der Waals surface area contributed by atoms with Crippen LogP contribution in [0.25, 0.3) is 0 Å². The number of benzene rings is 2. The summed E-state index contributed by atoms with van der Waals surface area (Å²) in [4.78, 5) is 29.8. The van der Waals surface area contributed by atoms with Crippen molar-refractivity contribution in [2.24, 2.45) is 0 Å². The lowest BCUT2D eigenvalue weighted by Crippen LogP contribution is -2.55. The lowest BCUT2D eigenvalue weighted by molar-refractivity contribution is -0.138. The Kier molecular flexibility index (Phi) is 5.99. The molecule has 0 radical (unpaired) electrons. The SMILES string of the molecule is Cc1ccc(S(=O)(=O)N2C(=O)CCC2C(=O)N2CCN(c3cccc(C)c3C)CC2)cc1. The molecule has 32 heavy (non-hydrogen) atoms. The lowest BCUT2D eigenvalue weighted by atomic mass is 10.1. The molecule has 0 bridgehead atoms. The second kappa shape index (κ2) is 8.58. The molecule has 4 rings (SSSR count). The van der Waals surface area contributed by atoms with Gasteiger partial charge in [0.2, 0.25) is 11.8 Å². The molecule has 0 spiro atoms. The van der Waals surface area contributed by atoms with Crippen molar-refractivity contribution in [1.29, 1.82) is 0 Å². The van der Waals surface area contributed by atoms with Gasteiger partial charge in [-0.2, -0.15) is 0 Å². The molecule has 0 aromatic heterocycles. The van der Waals surface area contributed by atoms with Crippen molar-refractivity contribution in [2.75, 3.05) is 31.1 Å². The number of nitrogens with zero attached hydrogens (tertiary/aromatic N) is 3. The van der Waals surface area contributed by atoms with Crippen molar-refractivity contribution in [3.05, 3.63) is 59.2 Å². The van der Waals surface area contributed by atoms with Crippen LogP contribution in [-0.4, -0.2) is 61.7 Å². The summed E-state index contributed by atoms with van der Waals surface area (Å²) in [6.07, 6.45) is 0.282. The third-order valence-corrected chi connectivity index (χ3v) is 8.38. The number of hydrogen-bond donors (Lipinski definition) is 0. The number of anilines is 1. The maximum Gasteiger partial charge on any atom is 0.267 e. The third-order valence-electron chi connectivity index (χ3n) is 6.53. The van der Waals surface area contributed by atoms with Crippen LogP contribution in [0, 0.1) is 20.8 Å². The van der Waals surface area contributed by atoms with Gasteiger partial charge in [-0.3, -0.25) is 9.59 Å². The Morgan fingerprint density at radius 1 is 0.938 bits per heavy atom. The Morgan fingerprint density at radius 3 is 2.25 bits per heavy atom. The summed E-state index contributed by atoms with van der Waals surface area (Å²) in [5.41, 5.74) is 4.54. The van der Waals surface area contributed by atoms with Gasteiger partial charge in [0.25, 0.3) is 10.0 Å². The highest BCUT2D eigenvalue weighted by Crippen LogP contribution is 2.30. The smallest absolute Gasteiger partial charge is 0.267 e. The van der Waals surface area contributed by atoms with Crippen LogP contribution in [0.3, 0.4) is 0 Å². The highest BCUT2D eigenvalue weighted by atomic mass is 32.2. The maximum atomic E-state index is 13.3. The van der Waals surface area contributed by atoms with Crippen LogP contribution in [0.15, 0.2) is 47.4 Å². The molecule has 2 saturated heterocycles. The van der Waals surface area contributed by atoms with Gasteiger partial charge in [0.05, 0.1) is 4.90 Å². The van der Waals surface area contributed by atoms with E-state index >= 15 is 0 Å². The summed E-state index contributed by atoms with van der Waals surface area (Å²) in [6.45, 7) is 8.37. The van der Waals surface area contributed by atoms with E-state index in [-0.39, 0.29) is 23.6 Å². The average Bonchev–Trinajstić information content (AvgIpc) is 3.18. The zero-order chi connectivity index (χ0) is 23.0. The molecule has 0 saturated carbocycles. The summed E-state index contributed by atoms with van der Waals surface area (Å²) >= 11 is 0. The zero-order valence-corrected chi connectivity index (χ0v) is 19.6. The first-order valence-electron chi connectivity index (χ1n) is 10.9. The number of sulfonamides is 1. The first-order valence-corrected chi connectivity index (χ1v) is 12.4. The van der Waals surface area contributed by atoms with E-state index < -0.39 is 22.0 Å². The van der Waals surface area contributed by atoms with Gasteiger partial charge in [0, 0.05) is 38.3 Å². The first-order chi connectivity index (χ1) is 15.2. The quantitative estimate of drug-likeness (QED) is 0.708. The van der Waals surface area contributed by atoms with E-state index in [0.29, 0.717) is 26.2 Å². The minimum Gasteiger partial charge on any atom is -0.368 e. The molecule has 2 aromatic carbocycles. The van der Waals surface area contributed by atoms with Gasteiger partial charge in [0.15, 0.2) is 0 Å². The van der Waals surface area contributed by atoms with Crippen LogP contribution in [0.5, 0.6) is 0 Å². The molecule has 2 aliphatic heterocycles. The van der Waals surface area contributed by atoms with E-state index in [4.69, 9.17) is 0 Å². The van der Waals surface area contributed by atoms with E-state index in [9.17, 15) is 18.0 Å². The molecular formula is C24H29N3O4S. The van der Waals surface area contributed by atoms with Crippen LogP contribution >= 0.6 is 0 Å². The summed E-state index contributed by atoms with van der Waals surface area (Å²) in [7, 11) is -4.08. The van der Waals surface area contributed by atoms with Gasteiger partial charge >= 0.3 is 0 Å². The molecule has 2 aliphatic rings. The van der Waals surface area contributed by atoms with Crippen LogP contribution in [0.2, 0.25) is 0 Å². The fourth-order valence-electron chi connectivity index (χ4n) is 4.47. The molecule has 0 N–H and O–H groups in total. The fraction of sp³-hybridized carbons (Fsp3) is 0.417. The van der Waals surface area contributed by atoms with Gasteiger partial charge in [-0.25, -0.2) is 12.7 Å². The molecule has 1 unspecified atom stereocenters. The third kappa shape index (κ3) is 3.99. The van der Waals surface area contributed by atoms with Crippen molar-refractivity contribution in [3.63, 3.8) is 0 Å². The molecule has 2 fully saturated rings. The predicted molar refractivity (Wildman–Crippen MR) is 123 cm³/mol. The van der Waals surface area contributed by atoms with Crippen molar-refractivity contribution >= 4 is 27.5 Å². The molecule has 2 aromatic rings. The van der Waals surface area contributed by atoms with Crippen LogP contribution in [-0.2, 0) is 19.6 Å². The molecule has 170 valence electrons. The predicted octanol–water partition coefficient (Wildman–Crippen LogP) is 2.64. The topological polar surface area (TPSA) is 78.0 Å². The first kappa shape index (κ1) is 22.3. The van der Waals surface area contributed by atoms with Crippen LogP contribution in [0.1, 0.15) is 29.5 Å². The molecule has 7 nitrogen and oxygen atoms in total. The highest BCUT2D eigenvalue weighted by molar-refractivity contribution is 7.89. The molecule has 1 atom stereocenters. The van der Waals surface area contributed by atoms with Crippen molar-refractivity contribution in [2.45, 2.75) is 44.6 Å². The van der Waals surface area contributed by atoms with Gasteiger partial charge in [-0.15, -0.1) is 0 Å². The Balaban J connectivity index is 1.50. The van der Waals surface area contributed by atoms with Crippen LogP contribution < -0.4 is 4.90 Å². The van der Waals surface area contributed by atoms with Gasteiger partial charge in [-0.1, -0.05) is 29.8 Å². The molecule has 2 heterocycles. The van der Waals surface area contributed by atoms with Gasteiger partial charge in [0.1, 0.15) is 6.04 Å². The van der Waals surface area contributed by atoms with E-state index in [0.717, 1.165) is 15.6 Å². The Morgan fingerprint density at radius 2 is 1.59 bits per heavy atom. The van der Waals surface area contributed by atoms with Crippen LogP contribution in [0.4, 0.5) is 5.69 Å². The number of carbonyl (C=O) groups is 2. The summed E-state index contributed by atoms with van der Waals surface area (Å²) in [6, 6.07) is 11.6. The van der Waals surface area contributed by atoms with E-state index in [1.54, 1.807) is 17.0 Å². The largest absolute Gasteiger partial charge is 0.368 e. The second-order valence-corrected chi connectivity index (χ2v) is 10.4. The molecular weight excluding hydrogens is 426 g/mol. The fourth-order valence-corrected chi connectivity index (χ4v) is 6.06. The minimum absolute atomic E-state index is 0.0379. The van der Waals surface area contributed by atoms with E-state index in [1.165, 1.54) is 23.3 Å². The Hall–Kier alpha value is -2.87. The highest BCUT2D eigenvalue weighted by Gasteiger charge is 2.45. The number of rotatable bonds is 4. The normalized spacial score (nSPS) is 19.5. The number of hydrogen-bond acceptors (Lipinski definition) is 5. The molecule has 2 amide bonds. The van der Waals surface area contributed by atoms with Crippen molar-refractivity contribution < 1.29 is 18.0 Å². The number of carbonyl (C=O) groups excluding carboxylic acids is 2.